The molecule has 0 unspecified atom stereocenters. The normalized spacial score (nSPS) is 10.3. The monoisotopic (exact) mass is 231 g/mol. The van der Waals surface area contributed by atoms with Crippen LogP contribution >= 0.6 is 0 Å². The first kappa shape index (κ1) is 11.4. The van der Waals surface area contributed by atoms with Gasteiger partial charge in [-0.15, -0.1) is 0 Å². The number of nitro benzene ring substituents is 1. The van der Waals surface area contributed by atoms with E-state index in [1.807, 2.05) is 0 Å². The van der Waals surface area contributed by atoms with E-state index in [2.05, 4.69) is 5.43 Å². The highest BCUT2D eigenvalue weighted by atomic mass is 32.2. The quantitative estimate of drug-likeness (QED) is 0.290. The number of nitro groups is 1. The van der Waals surface area contributed by atoms with E-state index in [1.54, 1.807) is 0 Å². The van der Waals surface area contributed by atoms with E-state index in [0.29, 0.717) is 5.56 Å². The topological polar surface area (TPSA) is 115 Å². The second-order valence-electron chi connectivity index (χ2n) is 2.74. The van der Waals surface area contributed by atoms with E-state index in [-0.39, 0.29) is 17.1 Å². The molecule has 0 heterocycles. The maximum Gasteiger partial charge on any atom is 0.293 e. The molecule has 0 aliphatic carbocycles. The van der Waals surface area contributed by atoms with Crippen molar-refractivity contribution in [2.45, 2.75) is 5.75 Å². The molecular formula is C7H9N3O4S. The maximum absolute atomic E-state index is 10.6. The van der Waals surface area contributed by atoms with Gasteiger partial charge in [-0.25, -0.2) is 8.42 Å². The first-order valence-corrected chi connectivity index (χ1v) is 5.26. The van der Waals surface area contributed by atoms with Crippen LogP contribution < -0.4 is 11.3 Å². The number of anilines is 1. The third-order valence-corrected chi connectivity index (χ3v) is 2.35. The van der Waals surface area contributed by atoms with Crippen molar-refractivity contribution in [2.75, 3.05) is 5.43 Å². The van der Waals surface area contributed by atoms with Gasteiger partial charge in [0.15, 0.2) is 0 Å². The van der Waals surface area contributed by atoms with E-state index in [4.69, 9.17) is 5.84 Å². The number of nitrogens with zero attached hydrogens (tertiary/aromatic N) is 1. The van der Waals surface area contributed by atoms with Crippen LogP contribution in [0.25, 0.3) is 0 Å². The summed E-state index contributed by atoms with van der Waals surface area (Å²) in [6, 6.07) is 4.01. The van der Waals surface area contributed by atoms with Gasteiger partial charge in [0.05, 0.1) is 10.7 Å². The fourth-order valence-corrected chi connectivity index (χ4v) is 1.59. The molecule has 0 spiro atoms. The molecule has 1 aromatic rings. The molecule has 0 saturated heterocycles. The lowest BCUT2D eigenvalue weighted by Gasteiger charge is -2.02. The van der Waals surface area contributed by atoms with Crippen LogP contribution in [-0.4, -0.2) is 13.3 Å². The van der Waals surface area contributed by atoms with Crippen molar-refractivity contribution in [3.63, 3.8) is 0 Å². The van der Waals surface area contributed by atoms with E-state index < -0.39 is 15.6 Å². The van der Waals surface area contributed by atoms with Gasteiger partial charge in [0.2, 0.25) is 0 Å². The van der Waals surface area contributed by atoms with Gasteiger partial charge in [0, 0.05) is 6.07 Å². The number of hydrogen-bond donors (Lipinski definition) is 3. The number of hydrazine groups is 1. The summed E-state index contributed by atoms with van der Waals surface area (Å²) in [5.74, 6) is 4.84. The minimum Gasteiger partial charge on any atom is -0.318 e. The summed E-state index contributed by atoms with van der Waals surface area (Å²) >= 11 is 0. The molecule has 0 bridgehead atoms. The molecule has 0 radical (unpaired) electrons. The van der Waals surface area contributed by atoms with Crippen LogP contribution in [0.4, 0.5) is 11.4 Å². The fraction of sp³-hybridized carbons (Fsp3) is 0.143. The van der Waals surface area contributed by atoms with Crippen molar-refractivity contribution in [3.05, 3.63) is 33.9 Å². The molecule has 0 aromatic heterocycles. The Bertz CT molecular complexity index is 450. The van der Waals surface area contributed by atoms with Crippen molar-refractivity contribution < 1.29 is 13.3 Å². The molecule has 1 aromatic carbocycles. The van der Waals surface area contributed by atoms with Crippen LogP contribution in [0.1, 0.15) is 5.56 Å². The molecule has 1 rings (SSSR count). The summed E-state index contributed by atoms with van der Waals surface area (Å²) < 4.78 is 20.9. The molecule has 7 nitrogen and oxygen atoms in total. The summed E-state index contributed by atoms with van der Waals surface area (Å²) in [7, 11) is -2.60. The lowest BCUT2D eigenvalue weighted by Crippen LogP contribution is -2.09. The van der Waals surface area contributed by atoms with E-state index in [0.717, 1.165) is 0 Å². The average molecular weight is 231 g/mol. The predicted molar refractivity (Wildman–Crippen MR) is 54.9 cm³/mol. The first-order chi connectivity index (χ1) is 7.04. The zero-order valence-corrected chi connectivity index (χ0v) is 8.44. The Labute approximate surface area is 87.0 Å². The SMILES string of the molecule is NNc1ccc(C[SH](=O)=O)cc1[N+](=O)[O-]. The smallest absolute Gasteiger partial charge is 0.293 e. The number of nitrogen functional groups attached to an aromatic ring is 1. The average Bonchev–Trinajstić information content (AvgIpc) is 2.16. The Morgan fingerprint density at radius 2 is 2.13 bits per heavy atom. The van der Waals surface area contributed by atoms with Gasteiger partial charge in [0.25, 0.3) is 5.69 Å². The van der Waals surface area contributed by atoms with Crippen LogP contribution in [0.3, 0.4) is 0 Å². The number of thiol groups is 1. The summed E-state index contributed by atoms with van der Waals surface area (Å²) in [6.07, 6.45) is 0. The fourth-order valence-electron chi connectivity index (χ4n) is 1.10. The standard InChI is InChI=1S/C7H9N3O4S/c8-9-6-2-1-5(4-15(13)14)3-7(6)10(11)12/h1-3,9,15H,4,8H2. The highest BCUT2D eigenvalue weighted by Gasteiger charge is 2.13. The predicted octanol–water partition coefficient (Wildman–Crippen LogP) is -0.00820. The van der Waals surface area contributed by atoms with Gasteiger partial charge < -0.3 is 5.43 Å². The van der Waals surface area contributed by atoms with Gasteiger partial charge in [0.1, 0.15) is 16.4 Å². The third kappa shape index (κ3) is 2.89. The zero-order chi connectivity index (χ0) is 11.4. The Morgan fingerprint density at radius 3 is 2.60 bits per heavy atom. The Hall–Kier alpha value is -1.67. The maximum atomic E-state index is 10.6. The minimum absolute atomic E-state index is 0.143. The molecule has 82 valence electrons. The highest BCUT2D eigenvalue weighted by Crippen LogP contribution is 2.24. The molecule has 15 heavy (non-hydrogen) atoms. The largest absolute Gasteiger partial charge is 0.318 e. The number of nitrogens with two attached hydrogens (primary N) is 1. The van der Waals surface area contributed by atoms with E-state index in [9.17, 15) is 18.5 Å². The number of hydrogen-bond acceptors (Lipinski definition) is 6. The molecule has 0 aliphatic heterocycles. The molecule has 0 amide bonds. The van der Waals surface area contributed by atoms with Gasteiger partial charge in [-0.1, -0.05) is 6.07 Å². The van der Waals surface area contributed by atoms with Gasteiger partial charge in [-0.05, 0) is 11.6 Å². The van der Waals surface area contributed by atoms with Crippen molar-refractivity contribution >= 4 is 22.1 Å². The zero-order valence-electron chi connectivity index (χ0n) is 7.54. The Balaban J connectivity index is 3.15. The van der Waals surface area contributed by atoms with Crippen LogP contribution in [0.5, 0.6) is 0 Å². The second-order valence-corrected chi connectivity index (χ2v) is 3.73. The Morgan fingerprint density at radius 1 is 1.47 bits per heavy atom. The molecule has 0 atom stereocenters. The van der Waals surface area contributed by atoms with Crippen molar-refractivity contribution in [2.24, 2.45) is 5.84 Å². The summed E-state index contributed by atoms with van der Waals surface area (Å²) in [5.41, 5.74) is 2.42. The molecular weight excluding hydrogens is 222 g/mol. The van der Waals surface area contributed by atoms with Gasteiger partial charge >= 0.3 is 0 Å². The van der Waals surface area contributed by atoms with Crippen LogP contribution in [0.2, 0.25) is 0 Å². The number of nitrogens with one attached hydrogen (secondary N) is 1. The van der Waals surface area contributed by atoms with Gasteiger partial charge in [-0.2, -0.15) is 0 Å². The molecule has 8 heteroatoms. The lowest BCUT2D eigenvalue weighted by molar-refractivity contribution is -0.384. The van der Waals surface area contributed by atoms with Crippen LogP contribution in [-0.2, 0) is 16.5 Å². The molecule has 0 saturated carbocycles. The second kappa shape index (κ2) is 4.71. The minimum atomic E-state index is -2.60. The summed E-state index contributed by atoms with van der Waals surface area (Å²) in [4.78, 5) is 9.95. The molecule has 0 fully saturated rings. The highest BCUT2D eigenvalue weighted by molar-refractivity contribution is 7.71. The van der Waals surface area contributed by atoms with E-state index in [1.165, 1.54) is 18.2 Å². The number of benzene rings is 1. The van der Waals surface area contributed by atoms with Gasteiger partial charge in [-0.3, -0.25) is 16.0 Å². The van der Waals surface area contributed by atoms with Crippen LogP contribution in [0, 0.1) is 10.1 Å². The van der Waals surface area contributed by atoms with Crippen molar-refractivity contribution in [3.8, 4) is 0 Å². The summed E-state index contributed by atoms with van der Waals surface area (Å²) in [6.45, 7) is 0. The molecule has 3 N–H and O–H groups in total. The Kier molecular flexibility index (Phi) is 3.58. The lowest BCUT2D eigenvalue weighted by atomic mass is 10.2. The third-order valence-electron chi connectivity index (χ3n) is 1.73. The summed E-state index contributed by atoms with van der Waals surface area (Å²) in [5, 5.41) is 10.6. The molecule has 0 aliphatic rings. The number of rotatable bonds is 4. The first-order valence-electron chi connectivity index (χ1n) is 3.90. The van der Waals surface area contributed by atoms with Crippen molar-refractivity contribution in [1.29, 1.82) is 0 Å². The van der Waals surface area contributed by atoms with Crippen LogP contribution in [0.15, 0.2) is 18.2 Å². The van der Waals surface area contributed by atoms with E-state index >= 15 is 0 Å². The van der Waals surface area contributed by atoms with Crippen molar-refractivity contribution in [1.82, 2.24) is 0 Å².